The Bertz CT molecular complexity index is 513. The highest BCUT2D eigenvalue weighted by molar-refractivity contribution is 7.14. The molecule has 0 radical (unpaired) electrons. The summed E-state index contributed by atoms with van der Waals surface area (Å²) in [5.41, 5.74) is 5.34. The Morgan fingerprint density at radius 3 is 3.10 bits per heavy atom. The molecule has 108 valence electrons. The van der Waals surface area contributed by atoms with Gasteiger partial charge in [0.15, 0.2) is 0 Å². The first-order valence-electron chi connectivity index (χ1n) is 6.97. The summed E-state index contributed by atoms with van der Waals surface area (Å²) < 4.78 is 0. The molecular weight excluding hydrogens is 272 g/mol. The summed E-state index contributed by atoms with van der Waals surface area (Å²) in [5, 5.41) is 9.12. The summed E-state index contributed by atoms with van der Waals surface area (Å²) >= 11 is 1.41. The Labute approximate surface area is 123 Å². The van der Waals surface area contributed by atoms with E-state index in [1.54, 1.807) is 0 Å². The second-order valence-corrected chi connectivity index (χ2v) is 5.91. The van der Waals surface area contributed by atoms with E-state index in [-0.39, 0.29) is 18.6 Å². The fourth-order valence-electron chi connectivity index (χ4n) is 2.52. The fraction of sp³-hybridized carbons (Fsp3) is 0.533. The first-order valence-corrected chi connectivity index (χ1v) is 7.78. The molecule has 1 aromatic rings. The molecule has 1 fully saturated rings. The summed E-state index contributed by atoms with van der Waals surface area (Å²) in [6.07, 6.45) is 3.82. The first kappa shape index (κ1) is 15.0. The van der Waals surface area contributed by atoms with Gasteiger partial charge in [0.1, 0.15) is 0 Å². The number of amides is 1. The number of piperidine rings is 1. The lowest BCUT2D eigenvalue weighted by molar-refractivity contribution is 0.0579. The molecule has 1 aliphatic rings. The fourth-order valence-corrected chi connectivity index (χ4v) is 3.35. The summed E-state index contributed by atoms with van der Waals surface area (Å²) in [6.45, 7) is 1.24. The van der Waals surface area contributed by atoms with Crippen molar-refractivity contribution in [2.24, 2.45) is 5.73 Å². The second-order valence-electron chi connectivity index (χ2n) is 4.83. The maximum Gasteiger partial charge on any atom is 0.264 e. The van der Waals surface area contributed by atoms with Crippen LogP contribution in [-0.4, -0.2) is 41.7 Å². The summed E-state index contributed by atoms with van der Waals surface area (Å²) in [5.74, 6) is 5.81. The van der Waals surface area contributed by atoms with Crippen molar-refractivity contribution in [3.05, 3.63) is 21.9 Å². The average molecular weight is 292 g/mol. The minimum atomic E-state index is 0.0638. The van der Waals surface area contributed by atoms with Crippen LogP contribution < -0.4 is 5.73 Å². The summed E-state index contributed by atoms with van der Waals surface area (Å²) in [4.78, 5) is 16.1. The minimum Gasteiger partial charge on any atom is -0.396 e. The Morgan fingerprint density at radius 1 is 1.50 bits per heavy atom. The number of thiophene rings is 1. The Morgan fingerprint density at radius 2 is 2.35 bits per heavy atom. The number of aliphatic hydroxyl groups is 1. The van der Waals surface area contributed by atoms with Crippen molar-refractivity contribution in [2.75, 3.05) is 19.7 Å². The monoisotopic (exact) mass is 292 g/mol. The maximum atomic E-state index is 12.6. The zero-order valence-corrected chi connectivity index (χ0v) is 12.3. The molecule has 1 aliphatic heterocycles. The molecule has 0 aliphatic carbocycles. The van der Waals surface area contributed by atoms with Gasteiger partial charge in [-0.1, -0.05) is 11.8 Å². The van der Waals surface area contributed by atoms with Crippen LogP contribution in [0.15, 0.2) is 12.1 Å². The largest absolute Gasteiger partial charge is 0.396 e. The van der Waals surface area contributed by atoms with Crippen molar-refractivity contribution in [3.63, 3.8) is 0 Å². The normalized spacial score (nSPS) is 18.5. The molecule has 3 N–H and O–H groups in total. The van der Waals surface area contributed by atoms with Crippen LogP contribution in [0.3, 0.4) is 0 Å². The first-order chi connectivity index (χ1) is 9.76. The highest BCUT2D eigenvalue weighted by Gasteiger charge is 2.27. The molecule has 1 saturated heterocycles. The number of nitrogens with two attached hydrogens (primary N) is 1. The van der Waals surface area contributed by atoms with E-state index in [1.807, 2.05) is 17.0 Å². The third-order valence-electron chi connectivity index (χ3n) is 3.48. The number of aliphatic hydroxyl groups excluding tert-OH is 1. The number of hydrogen-bond acceptors (Lipinski definition) is 4. The molecule has 1 aromatic heterocycles. The van der Waals surface area contributed by atoms with Crippen LogP contribution in [0.1, 0.15) is 40.2 Å². The van der Waals surface area contributed by atoms with Gasteiger partial charge >= 0.3 is 0 Å². The standard InChI is InChI=1S/C15H20N2O2S/c16-9-3-5-13-6-7-14(20-13)15(19)17-10-2-1-4-12(17)8-11-18/h6-7,12,18H,1-2,4,8-11,16H2. The predicted molar refractivity (Wildman–Crippen MR) is 80.6 cm³/mol. The highest BCUT2D eigenvalue weighted by atomic mass is 32.1. The van der Waals surface area contributed by atoms with Gasteiger partial charge in [0, 0.05) is 19.2 Å². The third-order valence-corrected chi connectivity index (χ3v) is 4.47. The molecule has 0 aromatic carbocycles. The van der Waals surface area contributed by atoms with Crippen molar-refractivity contribution >= 4 is 17.2 Å². The molecule has 4 nitrogen and oxygen atoms in total. The average Bonchev–Trinajstić information content (AvgIpc) is 2.94. The van der Waals surface area contributed by atoms with Crippen molar-refractivity contribution in [3.8, 4) is 11.8 Å². The van der Waals surface area contributed by atoms with Crippen LogP contribution in [0.5, 0.6) is 0 Å². The molecule has 1 unspecified atom stereocenters. The highest BCUT2D eigenvalue weighted by Crippen LogP contribution is 2.24. The van der Waals surface area contributed by atoms with Gasteiger partial charge in [0.05, 0.1) is 16.3 Å². The van der Waals surface area contributed by atoms with E-state index in [4.69, 9.17) is 10.8 Å². The van der Waals surface area contributed by atoms with Gasteiger partial charge in [-0.05, 0) is 37.8 Å². The van der Waals surface area contributed by atoms with Crippen molar-refractivity contribution in [1.82, 2.24) is 4.90 Å². The van der Waals surface area contributed by atoms with Crippen LogP contribution in [0.25, 0.3) is 0 Å². The predicted octanol–water partition coefficient (Wildman–Crippen LogP) is 1.44. The molecule has 2 heterocycles. The van der Waals surface area contributed by atoms with E-state index in [1.165, 1.54) is 11.3 Å². The summed E-state index contributed by atoms with van der Waals surface area (Å²) in [6, 6.07) is 3.87. The van der Waals surface area contributed by atoms with Gasteiger partial charge in [0.2, 0.25) is 0 Å². The number of rotatable bonds is 3. The van der Waals surface area contributed by atoms with E-state index >= 15 is 0 Å². The molecule has 0 saturated carbocycles. The zero-order valence-electron chi connectivity index (χ0n) is 11.5. The third kappa shape index (κ3) is 3.60. The molecule has 0 spiro atoms. The number of likely N-dealkylation sites (tertiary alicyclic amines) is 1. The Balaban J connectivity index is 2.10. The van der Waals surface area contributed by atoms with Gasteiger partial charge in [-0.25, -0.2) is 0 Å². The van der Waals surface area contributed by atoms with Gasteiger partial charge in [-0.2, -0.15) is 0 Å². The van der Waals surface area contributed by atoms with Crippen LogP contribution in [0.4, 0.5) is 0 Å². The van der Waals surface area contributed by atoms with Crippen LogP contribution in [-0.2, 0) is 0 Å². The van der Waals surface area contributed by atoms with Crippen molar-refractivity contribution < 1.29 is 9.90 Å². The van der Waals surface area contributed by atoms with Crippen molar-refractivity contribution in [1.29, 1.82) is 0 Å². The van der Waals surface area contributed by atoms with Gasteiger partial charge in [0.25, 0.3) is 5.91 Å². The molecule has 0 bridgehead atoms. The second kappa shape index (κ2) is 7.44. The Kier molecular flexibility index (Phi) is 5.60. The van der Waals surface area contributed by atoms with E-state index < -0.39 is 0 Å². The van der Waals surface area contributed by atoms with Crippen LogP contribution >= 0.6 is 11.3 Å². The number of hydrogen-bond donors (Lipinski definition) is 2. The van der Waals surface area contributed by atoms with Gasteiger partial charge in [-0.3, -0.25) is 4.79 Å². The molecule has 2 rings (SSSR count). The van der Waals surface area contributed by atoms with E-state index in [2.05, 4.69) is 11.8 Å². The van der Waals surface area contributed by atoms with Crippen molar-refractivity contribution in [2.45, 2.75) is 31.7 Å². The number of carbonyl (C=O) groups excluding carboxylic acids is 1. The lowest BCUT2D eigenvalue weighted by Crippen LogP contribution is -2.43. The maximum absolute atomic E-state index is 12.6. The quantitative estimate of drug-likeness (QED) is 0.828. The van der Waals surface area contributed by atoms with E-state index in [9.17, 15) is 4.79 Å². The lowest BCUT2D eigenvalue weighted by Gasteiger charge is -2.35. The van der Waals surface area contributed by atoms with Crippen LogP contribution in [0, 0.1) is 11.8 Å². The smallest absolute Gasteiger partial charge is 0.264 e. The zero-order chi connectivity index (χ0) is 14.4. The topological polar surface area (TPSA) is 66.6 Å². The molecule has 20 heavy (non-hydrogen) atoms. The molecule has 1 atom stereocenters. The lowest BCUT2D eigenvalue weighted by atomic mass is 9.99. The number of carbonyl (C=O) groups is 1. The van der Waals surface area contributed by atoms with E-state index in [0.717, 1.165) is 35.6 Å². The summed E-state index contributed by atoms with van der Waals surface area (Å²) in [7, 11) is 0. The van der Waals surface area contributed by atoms with Gasteiger partial charge in [-0.15, -0.1) is 11.3 Å². The molecule has 5 heteroatoms. The van der Waals surface area contributed by atoms with Crippen LogP contribution in [0.2, 0.25) is 0 Å². The number of nitrogens with zero attached hydrogens (tertiary/aromatic N) is 1. The Hall–Kier alpha value is -1.35. The SMILES string of the molecule is NCC#Cc1ccc(C(=O)N2CCCCC2CCO)s1. The van der Waals surface area contributed by atoms with E-state index in [0.29, 0.717) is 13.0 Å². The minimum absolute atomic E-state index is 0.0638. The van der Waals surface area contributed by atoms with Gasteiger partial charge < -0.3 is 15.7 Å². The molecular formula is C15H20N2O2S. The molecule has 1 amide bonds.